The first-order valence-corrected chi connectivity index (χ1v) is 14.3. The highest BCUT2D eigenvalue weighted by Crippen LogP contribution is 2.64. The van der Waals surface area contributed by atoms with Crippen molar-refractivity contribution in [2.24, 2.45) is 16.7 Å². The molecule has 1 heterocycles. The summed E-state index contributed by atoms with van der Waals surface area (Å²) in [6, 6.07) is 5.32. The van der Waals surface area contributed by atoms with Crippen LogP contribution in [-0.4, -0.2) is 59.6 Å². The van der Waals surface area contributed by atoms with Crippen LogP contribution in [0.4, 0.5) is 5.95 Å². The highest BCUT2D eigenvalue weighted by Gasteiger charge is 2.65. The first-order valence-electron chi connectivity index (χ1n) is 12.7. The molecule has 206 valence electrons. The molecule has 0 spiro atoms. The van der Waals surface area contributed by atoms with Crippen molar-refractivity contribution in [1.29, 1.82) is 0 Å². The number of ketones is 1. The number of H-pyrrole nitrogens is 1. The van der Waals surface area contributed by atoms with Crippen molar-refractivity contribution >= 4 is 33.6 Å². The number of benzene rings is 1. The number of fused-ring (bicyclic) bond motifs is 2. The Kier molecular flexibility index (Phi) is 7.93. The standard InChI is InChI=1S/C26H34N4O7S/c1-25(2)18-9-10-26(25,21(31)15-18)16-38(35,36)30-20(23(33)34)14-17-5-7-19(8-6-17)37-13-3-4-22(32)29-24-27-11-12-28-24/h5-8,11-12,18,20,30H,3-4,9-10,13-16H2,1-2H3,(H,33,34)(H2,27,28,29,32)/t18?,20-,26-/m0/s1. The molecule has 0 saturated heterocycles. The minimum atomic E-state index is -4.04. The SMILES string of the molecule is CC1(C)C2CC[C@]1(CS(=O)(=O)N[C@@H](Cc1ccc(OCCCC(=O)Nc3ncc[nH]3)cc1)C(=O)O)C(=O)C2. The van der Waals surface area contributed by atoms with Crippen LogP contribution < -0.4 is 14.8 Å². The smallest absolute Gasteiger partial charge is 0.322 e. The van der Waals surface area contributed by atoms with Gasteiger partial charge in [0.05, 0.1) is 12.4 Å². The van der Waals surface area contributed by atoms with Gasteiger partial charge in [0, 0.05) is 30.7 Å². The third-order valence-electron chi connectivity index (χ3n) is 8.13. The van der Waals surface area contributed by atoms with Crippen LogP contribution in [0.2, 0.25) is 0 Å². The molecule has 4 rings (SSSR count). The number of carbonyl (C=O) groups excluding carboxylic acids is 2. The van der Waals surface area contributed by atoms with E-state index in [-0.39, 0.29) is 30.4 Å². The summed E-state index contributed by atoms with van der Waals surface area (Å²) in [5.74, 6) is -0.807. The van der Waals surface area contributed by atoms with Crippen LogP contribution >= 0.6 is 0 Å². The number of hydrogen-bond donors (Lipinski definition) is 4. The number of imidazole rings is 1. The predicted octanol–water partition coefficient (Wildman–Crippen LogP) is 2.52. The monoisotopic (exact) mass is 546 g/mol. The quantitative estimate of drug-likeness (QED) is 0.278. The fourth-order valence-corrected chi connectivity index (χ4v) is 7.81. The van der Waals surface area contributed by atoms with E-state index in [4.69, 9.17) is 4.74 Å². The number of nitrogens with zero attached hydrogens (tertiary/aromatic N) is 1. The molecule has 1 aromatic heterocycles. The highest BCUT2D eigenvalue weighted by atomic mass is 32.2. The molecule has 0 radical (unpaired) electrons. The molecular weight excluding hydrogens is 512 g/mol. The number of carboxylic acid groups (broad SMARTS) is 1. The van der Waals surface area contributed by atoms with Gasteiger partial charge in [-0.05, 0) is 54.7 Å². The van der Waals surface area contributed by atoms with E-state index in [0.29, 0.717) is 43.1 Å². The fraction of sp³-hybridized carbons (Fsp3) is 0.538. The van der Waals surface area contributed by atoms with E-state index in [1.54, 1.807) is 30.5 Å². The second-order valence-electron chi connectivity index (χ2n) is 10.7. The number of aliphatic carboxylic acids is 1. The van der Waals surface area contributed by atoms with Gasteiger partial charge in [-0.1, -0.05) is 26.0 Å². The Morgan fingerprint density at radius 3 is 2.58 bits per heavy atom. The average Bonchev–Trinajstić information content (AvgIpc) is 3.48. The van der Waals surface area contributed by atoms with E-state index in [9.17, 15) is 27.9 Å². The molecular formula is C26H34N4O7S. The number of aromatic nitrogens is 2. The Morgan fingerprint density at radius 2 is 2.00 bits per heavy atom. The Morgan fingerprint density at radius 1 is 1.26 bits per heavy atom. The normalized spacial score (nSPS) is 22.8. The molecule has 0 aliphatic heterocycles. The lowest BCUT2D eigenvalue weighted by Crippen LogP contribution is -2.49. The van der Waals surface area contributed by atoms with Crippen molar-refractivity contribution in [3.8, 4) is 5.75 Å². The lowest BCUT2D eigenvalue weighted by atomic mass is 9.70. The van der Waals surface area contributed by atoms with Crippen molar-refractivity contribution in [3.63, 3.8) is 0 Å². The van der Waals surface area contributed by atoms with Crippen LogP contribution in [0, 0.1) is 16.7 Å². The summed E-state index contributed by atoms with van der Waals surface area (Å²) in [5.41, 5.74) is -0.789. The number of hydrogen-bond acceptors (Lipinski definition) is 7. The largest absolute Gasteiger partial charge is 0.494 e. The van der Waals surface area contributed by atoms with Crippen LogP contribution in [0.15, 0.2) is 36.7 Å². The van der Waals surface area contributed by atoms with Gasteiger partial charge in [-0.3, -0.25) is 19.7 Å². The predicted molar refractivity (Wildman–Crippen MR) is 139 cm³/mol. The van der Waals surface area contributed by atoms with Gasteiger partial charge in [0.1, 0.15) is 17.6 Å². The molecule has 38 heavy (non-hydrogen) atoms. The molecule has 1 aromatic carbocycles. The summed E-state index contributed by atoms with van der Waals surface area (Å²) in [6.45, 7) is 4.19. The number of aromatic amines is 1. The van der Waals surface area contributed by atoms with E-state index in [1.165, 1.54) is 6.20 Å². The zero-order valence-electron chi connectivity index (χ0n) is 21.5. The number of Topliss-reactive ketones (excluding diaryl/α,β-unsaturated/α-hetero) is 1. The molecule has 2 aliphatic carbocycles. The summed E-state index contributed by atoms with van der Waals surface area (Å²) >= 11 is 0. The lowest BCUT2D eigenvalue weighted by Gasteiger charge is -2.36. The Labute approximate surface area is 221 Å². The number of ether oxygens (including phenoxy) is 1. The molecule has 12 heteroatoms. The molecule has 4 N–H and O–H groups in total. The Bertz CT molecular complexity index is 1280. The lowest BCUT2D eigenvalue weighted by molar-refractivity contribution is -0.139. The van der Waals surface area contributed by atoms with Gasteiger partial charge in [0.15, 0.2) is 0 Å². The summed E-state index contributed by atoms with van der Waals surface area (Å²) in [5, 5.41) is 12.3. The molecule has 2 aliphatic rings. The van der Waals surface area contributed by atoms with E-state index in [0.717, 1.165) is 6.42 Å². The van der Waals surface area contributed by atoms with Crippen LogP contribution in [0.1, 0.15) is 51.5 Å². The van der Waals surface area contributed by atoms with Crippen molar-refractivity contribution in [2.75, 3.05) is 17.7 Å². The summed E-state index contributed by atoms with van der Waals surface area (Å²) < 4.78 is 34.1. The van der Waals surface area contributed by atoms with E-state index in [2.05, 4.69) is 20.0 Å². The summed E-state index contributed by atoms with van der Waals surface area (Å²) in [6.07, 6.45) is 5.53. The molecule has 3 atom stereocenters. The summed E-state index contributed by atoms with van der Waals surface area (Å²) in [7, 11) is -4.04. The van der Waals surface area contributed by atoms with Gasteiger partial charge in [-0.15, -0.1) is 0 Å². The van der Waals surface area contributed by atoms with E-state index < -0.39 is 38.6 Å². The zero-order chi connectivity index (χ0) is 27.6. The first-order chi connectivity index (χ1) is 17.9. The Balaban J connectivity index is 1.28. The number of rotatable bonds is 13. The van der Waals surface area contributed by atoms with E-state index in [1.807, 2.05) is 13.8 Å². The molecule has 2 aromatic rings. The fourth-order valence-electron chi connectivity index (χ4n) is 5.78. The van der Waals surface area contributed by atoms with Gasteiger partial charge < -0.3 is 14.8 Å². The third kappa shape index (κ3) is 5.91. The topological polar surface area (TPSA) is 168 Å². The number of carbonyl (C=O) groups is 3. The van der Waals surface area contributed by atoms with Crippen LogP contribution in [-0.2, 0) is 30.8 Å². The maximum Gasteiger partial charge on any atom is 0.322 e. The second kappa shape index (κ2) is 10.9. The molecule has 2 bridgehead atoms. The van der Waals surface area contributed by atoms with Crippen LogP contribution in [0.5, 0.6) is 5.75 Å². The second-order valence-corrected chi connectivity index (χ2v) is 12.5. The number of anilines is 1. The van der Waals surface area contributed by atoms with Crippen molar-refractivity contribution < 1.29 is 32.6 Å². The average molecular weight is 547 g/mol. The number of nitrogens with one attached hydrogen (secondary N) is 3. The highest BCUT2D eigenvalue weighted by molar-refractivity contribution is 7.89. The molecule has 1 amide bonds. The third-order valence-corrected chi connectivity index (χ3v) is 9.65. The number of sulfonamides is 1. The van der Waals surface area contributed by atoms with Gasteiger partial charge >= 0.3 is 5.97 Å². The van der Waals surface area contributed by atoms with Crippen LogP contribution in [0.25, 0.3) is 0 Å². The van der Waals surface area contributed by atoms with Crippen LogP contribution in [0.3, 0.4) is 0 Å². The van der Waals surface area contributed by atoms with Gasteiger partial charge in [-0.2, -0.15) is 0 Å². The van der Waals surface area contributed by atoms with E-state index >= 15 is 0 Å². The maximum absolute atomic E-state index is 13.1. The minimum absolute atomic E-state index is 0.0373. The maximum atomic E-state index is 13.1. The molecule has 1 unspecified atom stereocenters. The molecule has 2 fully saturated rings. The van der Waals surface area contributed by atoms with Gasteiger partial charge in [0.25, 0.3) is 0 Å². The van der Waals surface area contributed by atoms with Crippen molar-refractivity contribution in [2.45, 2.75) is 58.4 Å². The number of amides is 1. The van der Waals surface area contributed by atoms with Gasteiger partial charge in [-0.25, -0.2) is 18.1 Å². The minimum Gasteiger partial charge on any atom is -0.494 e. The molecule has 11 nitrogen and oxygen atoms in total. The first kappa shape index (κ1) is 27.8. The number of carboxylic acids is 1. The van der Waals surface area contributed by atoms with Crippen molar-refractivity contribution in [1.82, 2.24) is 14.7 Å². The summed E-state index contributed by atoms with van der Waals surface area (Å²) in [4.78, 5) is 43.2. The van der Waals surface area contributed by atoms with Crippen molar-refractivity contribution in [3.05, 3.63) is 42.2 Å². The van der Waals surface area contributed by atoms with Gasteiger partial charge in [0.2, 0.25) is 21.9 Å². The molecule has 2 saturated carbocycles. The Hall–Kier alpha value is -3.25. The zero-order valence-corrected chi connectivity index (χ0v) is 22.3.